The molecule has 106 valence electrons. The van der Waals surface area contributed by atoms with Gasteiger partial charge in [0, 0.05) is 5.69 Å². The molecular weight excluding hydrogens is 277 g/mol. The largest absolute Gasteiger partial charge is 0.499 e. The van der Waals surface area contributed by atoms with Crippen LogP contribution >= 0.6 is 0 Å². The molecule has 0 saturated heterocycles. The van der Waals surface area contributed by atoms with E-state index in [2.05, 4.69) is 14.8 Å². The zero-order valence-electron chi connectivity index (χ0n) is 9.42. The second kappa shape index (κ2) is 5.29. The molecule has 0 bridgehead atoms. The number of amides is 1. The maximum absolute atomic E-state index is 12.5. The van der Waals surface area contributed by atoms with E-state index in [9.17, 15) is 26.7 Å². The van der Waals surface area contributed by atoms with Gasteiger partial charge in [0.15, 0.2) is 0 Å². The monoisotopic (exact) mass is 285 g/mol. The van der Waals surface area contributed by atoms with E-state index in [1.165, 1.54) is 0 Å². The van der Waals surface area contributed by atoms with Gasteiger partial charge in [0.05, 0.1) is 7.11 Å². The molecule has 1 N–H and O–H groups in total. The van der Waals surface area contributed by atoms with E-state index in [-0.39, 0.29) is 5.69 Å². The minimum absolute atomic E-state index is 0.148. The summed E-state index contributed by atoms with van der Waals surface area (Å²) in [5, 5.41) is 2.19. The lowest BCUT2D eigenvalue weighted by Crippen LogP contribution is -2.41. The molecule has 0 saturated carbocycles. The van der Waals surface area contributed by atoms with Crippen molar-refractivity contribution >= 4 is 11.8 Å². The molecular formula is C10H8F5NO3. The number of ether oxygens (including phenoxy) is 2. The second-order valence-electron chi connectivity index (χ2n) is 3.26. The summed E-state index contributed by atoms with van der Waals surface area (Å²) >= 11 is 0. The van der Waals surface area contributed by atoms with Crippen molar-refractivity contribution in [2.75, 3.05) is 12.4 Å². The summed E-state index contributed by atoms with van der Waals surface area (Å²) in [5.74, 6) is -0.697. The van der Waals surface area contributed by atoms with Crippen molar-refractivity contribution in [1.29, 1.82) is 0 Å². The molecule has 1 aromatic rings. The number of rotatable bonds is 3. The third-order valence-electron chi connectivity index (χ3n) is 1.86. The van der Waals surface area contributed by atoms with Gasteiger partial charge in [-0.3, -0.25) is 5.32 Å². The van der Waals surface area contributed by atoms with Gasteiger partial charge in [-0.25, -0.2) is 4.79 Å². The van der Waals surface area contributed by atoms with Crippen LogP contribution in [0.3, 0.4) is 0 Å². The van der Waals surface area contributed by atoms with E-state index in [1.807, 2.05) is 0 Å². The predicted octanol–water partition coefficient (Wildman–Crippen LogP) is 3.40. The summed E-state index contributed by atoms with van der Waals surface area (Å²) in [7, 11) is 1.11. The van der Waals surface area contributed by atoms with Gasteiger partial charge in [0.25, 0.3) is 0 Å². The topological polar surface area (TPSA) is 47.6 Å². The Labute approximate surface area is 104 Å². The van der Waals surface area contributed by atoms with E-state index in [4.69, 9.17) is 0 Å². The van der Waals surface area contributed by atoms with Crippen LogP contribution < -0.4 is 10.1 Å². The summed E-state index contributed by atoms with van der Waals surface area (Å²) in [5.41, 5.74) is 0.148. The summed E-state index contributed by atoms with van der Waals surface area (Å²) < 4.78 is 68.5. The fourth-order valence-corrected chi connectivity index (χ4v) is 0.981. The molecule has 0 aliphatic rings. The standard InChI is InChI=1S/C10H8F5NO3/c1-18-8(17)16-6-2-4-7(5-3-6)19-10(14,15)9(11,12)13/h2-5H,1H3,(H,16,17). The van der Waals surface area contributed by atoms with Crippen LogP contribution in [0, 0.1) is 0 Å². The number of hydrogen-bond donors (Lipinski definition) is 1. The van der Waals surface area contributed by atoms with Gasteiger partial charge in [-0.2, -0.15) is 22.0 Å². The molecule has 0 aromatic heterocycles. The Bertz CT molecular complexity index is 443. The van der Waals surface area contributed by atoms with Gasteiger partial charge in [0.1, 0.15) is 5.75 Å². The molecule has 0 unspecified atom stereocenters. The third kappa shape index (κ3) is 3.97. The second-order valence-corrected chi connectivity index (χ2v) is 3.26. The van der Waals surface area contributed by atoms with Gasteiger partial charge < -0.3 is 9.47 Å². The molecule has 0 atom stereocenters. The number of nitrogens with one attached hydrogen (secondary N) is 1. The first-order valence-electron chi connectivity index (χ1n) is 4.74. The number of methoxy groups -OCH3 is 1. The maximum atomic E-state index is 12.5. The third-order valence-corrected chi connectivity index (χ3v) is 1.86. The first kappa shape index (κ1) is 15.0. The molecule has 0 heterocycles. The first-order chi connectivity index (χ1) is 8.65. The Morgan fingerprint density at radius 1 is 1.11 bits per heavy atom. The molecule has 1 aromatic carbocycles. The number of benzene rings is 1. The highest BCUT2D eigenvalue weighted by atomic mass is 19.4. The zero-order valence-corrected chi connectivity index (χ0v) is 9.42. The normalized spacial score (nSPS) is 11.9. The van der Waals surface area contributed by atoms with Crippen LogP contribution in [0.15, 0.2) is 24.3 Å². The SMILES string of the molecule is COC(=O)Nc1ccc(OC(F)(F)C(F)(F)F)cc1. The van der Waals surface area contributed by atoms with Gasteiger partial charge in [-0.05, 0) is 24.3 Å². The number of anilines is 1. The summed E-state index contributed by atoms with van der Waals surface area (Å²) in [6.07, 6.45) is -11.9. The maximum Gasteiger partial charge on any atom is 0.499 e. The number of carbonyl (C=O) groups excluding carboxylic acids is 1. The lowest BCUT2D eigenvalue weighted by atomic mass is 10.3. The molecule has 0 radical (unpaired) electrons. The highest BCUT2D eigenvalue weighted by Crippen LogP contribution is 2.37. The molecule has 4 nitrogen and oxygen atoms in total. The van der Waals surface area contributed by atoms with E-state index in [0.29, 0.717) is 0 Å². The van der Waals surface area contributed by atoms with Crippen molar-refractivity contribution in [3.63, 3.8) is 0 Å². The average molecular weight is 285 g/mol. The smallest absolute Gasteiger partial charge is 0.453 e. The highest BCUT2D eigenvalue weighted by Gasteiger charge is 2.61. The lowest BCUT2D eigenvalue weighted by Gasteiger charge is -2.20. The number of halogens is 5. The number of hydrogen-bond acceptors (Lipinski definition) is 3. The Balaban J connectivity index is 2.75. The van der Waals surface area contributed by atoms with E-state index >= 15 is 0 Å². The molecule has 0 spiro atoms. The molecule has 0 fully saturated rings. The van der Waals surface area contributed by atoms with E-state index < -0.39 is 24.1 Å². The molecule has 1 amide bonds. The van der Waals surface area contributed by atoms with E-state index in [0.717, 1.165) is 31.4 Å². The van der Waals surface area contributed by atoms with Crippen LogP contribution in [0.5, 0.6) is 5.75 Å². The quantitative estimate of drug-likeness (QED) is 0.866. The summed E-state index contributed by atoms with van der Waals surface area (Å²) in [6, 6.07) is 3.87. The van der Waals surface area contributed by atoms with E-state index in [1.54, 1.807) is 0 Å². The predicted molar refractivity (Wildman–Crippen MR) is 54.1 cm³/mol. The van der Waals surface area contributed by atoms with Gasteiger partial charge in [-0.15, -0.1) is 0 Å². The number of carbonyl (C=O) groups is 1. The van der Waals surface area contributed by atoms with Gasteiger partial charge in [-0.1, -0.05) is 0 Å². The van der Waals surface area contributed by atoms with Crippen LogP contribution in [0.2, 0.25) is 0 Å². The Hall–Kier alpha value is -2.06. The van der Waals surface area contributed by atoms with Crippen LogP contribution in [0.25, 0.3) is 0 Å². The molecule has 0 aliphatic carbocycles. The molecule has 0 aliphatic heterocycles. The molecule has 19 heavy (non-hydrogen) atoms. The van der Waals surface area contributed by atoms with Crippen LogP contribution in [-0.2, 0) is 4.74 Å². The van der Waals surface area contributed by atoms with Crippen molar-refractivity contribution in [3.05, 3.63) is 24.3 Å². The van der Waals surface area contributed by atoms with Crippen molar-refractivity contribution in [2.45, 2.75) is 12.3 Å². The van der Waals surface area contributed by atoms with Crippen molar-refractivity contribution in [1.82, 2.24) is 0 Å². The highest BCUT2D eigenvalue weighted by molar-refractivity contribution is 5.84. The minimum atomic E-state index is -5.81. The number of alkyl halides is 5. The molecule has 9 heteroatoms. The van der Waals surface area contributed by atoms with Crippen LogP contribution in [-0.4, -0.2) is 25.5 Å². The summed E-state index contributed by atoms with van der Waals surface area (Å²) in [6.45, 7) is 0. The summed E-state index contributed by atoms with van der Waals surface area (Å²) in [4.78, 5) is 10.8. The van der Waals surface area contributed by atoms with Gasteiger partial charge in [0.2, 0.25) is 0 Å². The Morgan fingerprint density at radius 3 is 2.05 bits per heavy atom. The average Bonchev–Trinajstić information content (AvgIpc) is 2.29. The van der Waals surface area contributed by atoms with Crippen molar-refractivity contribution in [3.8, 4) is 5.75 Å². The van der Waals surface area contributed by atoms with Crippen LogP contribution in [0.1, 0.15) is 0 Å². The van der Waals surface area contributed by atoms with Crippen molar-refractivity contribution in [2.24, 2.45) is 0 Å². The van der Waals surface area contributed by atoms with Crippen LogP contribution in [0.4, 0.5) is 32.4 Å². The Morgan fingerprint density at radius 2 is 1.63 bits per heavy atom. The molecule has 1 rings (SSSR count). The first-order valence-corrected chi connectivity index (χ1v) is 4.74. The fourth-order valence-electron chi connectivity index (χ4n) is 0.981. The lowest BCUT2D eigenvalue weighted by molar-refractivity contribution is -0.360. The van der Waals surface area contributed by atoms with Gasteiger partial charge >= 0.3 is 18.4 Å². The fraction of sp³-hybridized carbons (Fsp3) is 0.300. The Kier molecular flexibility index (Phi) is 4.17. The minimum Gasteiger partial charge on any atom is -0.453 e. The zero-order chi connectivity index (χ0) is 14.7. The van der Waals surface area contributed by atoms with Crippen molar-refractivity contribution < 1.29 is 36.2 Å².